The lowest BCUT2D eigenvalue weighted by Gasteiger charge is -2.30. The third kappa shape index (κ3) is 4.40. The van der Waals surface area contributed by atoms with Gasteiger partial charge >= 0.3 is 5.97 Å². The summed E-state index contributed by atoms with van der Waals surface area (Å²) in [5.41, 5.74) is 5.93. The zero-order chi connectivity index (χ0) is 29.0. The normalized spacial score (nSPS) is 16.0. The molecular formula is C33H23ClN2O5S. The molecule has 0 unspecified atom stereocenters. The van der Waals surface area contributed by atoms with Crippen molar-refractivity contribution in [2.24, 2.45) is 4.99 Å². The lowest BCUT2D eigenvalue weighted by molar-refractivity contribution is 0.0697. The quantitative estimate of drug-likeness (QED) is 0.272. The number of aromatic nitrogens is 1. The number of aryl methyl sites for hydroxylation is 1. The van der Waals surface area contributed by atoms with Gasteiger partial charge in [0.2, 0.25) is 0 Å². The summed E-state index contributed by atoms with van der Waals surface area (Å²) in [5, 5.41) is 9.38. The summed E-state index contributed by atoms with van der Waals surface area (Å²) in [4.78, 5) is 31.0. The van der Waals surface area contributed by atoms with Gasteiger partial charge < -0.3 is 14.3 Å². The number of allylic oxidation sites excluding steroid dienone is 1. The van der Waals surface area contributed by atoms with Gasteiger partial charge in [-0.15, -0.1) is 0 Å². The third-order valence-electron chi connectivity index (χ3n) is 7.69. The molecule has 1 atom stereocenters. The number of halogens is 1. The molecule has 2 aliphatic rings. The Morgan fingerprint density at radius 2 is 1.90 bits per heavy atom. The van der Waals surface area contributed by atoms with Crippen molar-refractivity contribution in [3.8, 4) is 17.1 Å². The summed E-state index contributed by atoms with van der Waals surface area (Å²) >= 11 is 7.49. The van der Waals surface area contributed by atoms with E-state index in [9.17, 15) is 14.7 Å². The predicted molar refractivity (Wildman–Crippen MR) is 162 cm³/mol. The van der Waals surface area contributed by atoms with Crippen LogP contribution in [0.3, 0.4) is 0 Å². The number of nitrogens with zero attached hydrogens (tertiary/aromatic N) is 2. The molecule has 0 spiro atoms. The van der Waals surface area contributed by atoms with Gasteiger partial charge in [0, 0.05) is 17.2 Å². The number of carboxylic acids is 1. The molecule has 0 fully saturated rings. The Hall–Kier alpha value is -4.66. The van der Waals surface area contributed by atoms with Crippen molar-refractivity contribution in [2.45, 2.75) is 18.9 Å². The largest absolute Gasteiger partial charge is 0.497 e. The first-order valence-electron chi connectivity index (χ1n) is 13.3. The summed E-state index contributed by atoms with van der Waals surface area (Å²) < 4.78 is 13.7. The highest BCUT2D eigenvalue weighted by molar-refractivity contribution is 7.07. The summed E-state index contributed by atoms with van der Waals surface area (Å²) in [6, 6.07) is 24.1. The Morgan fingerprint density at radius 1 is 1.10 bits per heavy atom. The van der Waals surface area contributed by atoms with E-state index in [0.717, 1.165) is 41.0 Å². The highest BCUT2D eigenvalue weighted by Crippen LogP contribution is 2.41. The number of hydrogen-bond donors (Lipinski definition) is 1. The molecule has 7 rings (SSSR count). The van der Waals surface area contributed by atoms with Gasteiger partial charge in [-0.2, -0.15) is 0 Å². The third-order valence-corrected chi connectivity index (χ3v) is 8.98. The van der Waals surface area contributed by atoms with Gasteiger partial charge in [-0.1, -0.05) is 65.4 Å². The second-order valence-electron chi connectivity index (χ2n) is 10.1. The van der Waals surface area contributed by atoms with Crippen LogP contribution >= 0.6 is 22.9 Å². The Kier molecular flexibility index (Phi) is 6.45. The number of carboxylic acid groups (broad SMARTS) is 1. The fourth-order valence-electron chi connectivity index (χ4n) is 5.67. The summed E-state index contributed by atoms with van der Waals surface area (Å²) in [5.74, 6) is 0.655. The van der Waals surface area contributed by atoms with Gasteiger partial charge in [0.1, 0.15) is 17.3 Å². The van der Waals surface area contributed by atoms with Gasteiger partial charge in [0.25, 0.3) is 5.56 Å². The van der Waals surface area contributed by atoms with Crippen molar-refractivity contribution in [1.29, 1.82) is 0 Å². The first-order valence-corrected chi connectivity index (χ1v) is 14.5. The lowest BCUT2D eigenvalue weighted by Crippen LogP contribution is -2.38. The number of methoxy groups -OCH3 is 1. The minimum Gasteiger partial charge on any atom is -0.497 e. The molecular weight excluding hydrogens is 572 g/mol. The highest BCUT2D eigenvalue weighted by Gasteiger charge is 2.32. The minimum atomic E-state index is -1.10. The number of furan rings is 1. The van der Waals surface area contributed by atoms with Crippen molar-refractivity contribution in [3.05, 3.63) is 137 Å². The van der Waals surface area contributed by atoms with Crippen LogP contribution < -0.4 is 19.6 Å². The maximum atomic E-state index is 14.0. The van der Waals surface area contributed by atoms with Crippen LogP contribution in [0.2, 0.25) is 5.02 Å². The van der Waals surface area contributed by atoms with Gasteiger partial charge in [-0.05, 0) is 65.9 Å². The van der Waals surface area contributed by atoms with E-state index in [1.807, 2.05) is 36.4 Å². The van der Waals surface area contributed by atoms with Crippen molar-refractivity contribution >= 4 is 40.7 Å². The van der Waals surface area contributed by atoms with Crippen LogP contribution in [-0.2, 0) is 6.42 Å². The fourth-order valence-corrected chi connectivity index (χ4v) is 6.91. The molecule has 1 N–H and O–H groups in total. The van der Waals surface area contributed by atoms with Gasteiger partial charge in [-0.25, -0.2) is 9.79 Å². The monoisotopic (exact) mass is 594 g/mol. The smallest absolute Gasteiger partial charge is 0.337 e. The number of ether oxygens (including phenoxy) is 1. The molecule has 208 valence electrons. The molecule has 0 saturated heterocycles. The summed E-state index contributed by atoms with van der Waals surface area (Å²) in [6.07, 6.45) is 3.41. The SMILES string of the molecule is COc1ccc([C@@H]2C3=C(N=c4s/c(=C\c5ccc(-c6ccc(C(=O)O)c(Cl)c6)o5)c(=O)n42)c2ccccc2CC3)cc1. The van der Waals surface area contributed by atoms with E-state index in [2.05, 4.69) is 12.1 Å². The maximum absolute atomic E-state index is 14.0. The second kappa shape index (κ2) is 10.3. The van der Waals surface area contributed by atoms with E-state index in [4.69, 9.17) is 25.7 Å². The Labute approximate surface area is 248 Å². The first kappa shape index (κ1) is 26.3. The molecule has 2 aromatic heterocycles. The van der Waals surface area contributed by atoms with E-state index >= 15 is 0 Å². The molecule has 3 heterocycles. The molecule has 0 saturated carbocycles. The second-order valence-corrected chi connectivity index (χ2v) is 11.5. The number of carbonyl (C=O) groups is 1. The Morgan fingerprint density at radius 3 is 2.67 bits per heavy atom. The zero-order valence-electron chi connectivity index (χ0n) is 22.3. The van der Waals surface area contributed by atoms with Crippen LogP contribution in [0.25, 0.3) is 23.1 Å². The molecule has 0 bridgehead atoms. The number of fused-ring (bicyclic) bond motifs is 3. The minimum absolute atomic E-state index is 0.0186. The number of aromatic carboxylic acids is 1. The van der Waals surface area contributed by atoms with Crippen LogP contribution in [0.1, 0.15) is 45.3 Å². The predicted octanol–water partition coefficient (Wildman–Crippen LogP) is 5.94. The van der Waals surface area contributed by atoms with E-state index in [-0.39, 0.29) is 22.2 Å². The van der Waals surface area contributed by atoms with Crippen molar-refractivity contribution in [1.82, 2.24) is 4.57 Å². The standard InChI is InChI=1S/C33H23ClN2O5S/c1-40-21-10-6-19(7-11-21)30-25-14-8-18-4-2-3-5-23(18)29(25)35-33-36(30)31(37)28(42-33)17-22-12-15-27(41-22)20-9-13-24(32(38)39)26(34)16-20/h2-7,9-13,15-17,30H,8,14H2,1H3,(H,38,39)/b28-17-/t30-/m1/s1. The zero-order valence-corrected chi connectivity index (χ0v) is 23.9. The first-order chi connectivity index (χ1) is 20.4. The lowest BCUT2D eigenvalue weighted by atomic mass is 9.83. The molecule has 1 aliphatic heterocycles. The Bertz CT molecular complexity index is 2100. The summed E-state index contributed by atoms with van der Waals surface area (Å²) in [6.45, 7) is 0. The molecule has 3 aromatic carbocycles. The Balaban J connectivity index is 1.35. The molecule has 0 amide bonds. The van der Waals surface area contributed by atoms with E-state index in [1.54, 1.807) is 42.0 Å². The van der Waals surface area contributed by atoms with Gasteiger partial charge in [0.15, 0.2) is 4.80 Å². The van der Waals surface area contributed by atoms with Crippen molar-refractivity contribution in [2.75, 3.05) is 7.11 Å². The number of thiazole rings is 1. The van der Waals surface area contributed by atoms with Crippen LogP contribution in [0.5, 0.6) is 5.75 Å². The molecule has 5 aromatic rings. The molecule has 1 aliphatic carbocycles. The highest BCUT2D eigenvalue weighted by atomic mass is 35.5. The van der Waals surface area contributed by atoms with Crippen LogP contribution in [0.15, 0.2) is 98.6 Å². The number of hydrogen-bond acceptors (Lipinski definition) is 6. The topological polar surface area (TPSA) is 94.0 Å². The number of benzene rings is 3. The van der Waals surface area contributed by atoms with E-state index < -0.39 is 5.97 Å². The van der Waals surface area contributed by atoms with Crippen LogP contribution in [-0.4, -0.2) is 22.8 Å². The van der Waals surface area contributed by atoms with Crippen molar-refractivity contribution < 1.29 is 19.1 Å². The van der Waals surface area contributed by atoms with Gasteiger partial charge in [-0.3, -0.25) is 9.36 Å². The van der Waals surface area contributed by atoms with Gasteiger partial charge in [0.05, 0.1) is 34.0 Å². The molecule has 42 heavy (non-hydrogen) atoms. The molecule has 0 radical (unpaired) electrons. The molecule has 7 nitrogen and oxygen atoms in total. The maximum Gasteiger partial charge on any atom is 0.337 e. The summed E-state index contributed by atoms with van der Waals surface area (Å²) in [7, 11) is 1.64. The van der Waals surface area contributed by atoms with Crippen LogP contribution in [0, 0.1) is 0 Å². The average Bonchev–Trinajstić information content (AvgIpc) is 3.60. The van der Waals surface area contributed by atoms with Crippen LogP contribution in [0.4, 0.5) is 0 Å². The average molecular weight is 595 g/mol. The molecule has 9 heteroatoms. The van der Waals surface area contributed by atoms with E-state index in [1.165, 1.54) is 23.0 Å². The number of rotatable bonds is 5. The van der Waals surface area contributed by atoms with Crippen molar-refractivity contribution in [3.63, 3.8) is 0 Å². The fraction of sp³-hybridized carbons (Fsp3) is 0.121. The van der Waals surface area contributed by atoms with E-state index in [0.29, 0.717) is 26.4 Å².